The van der Waals surface area contributed by atoms with E-state index in [0.29, 0.717) is 19.4 Å². The molecule has 0 aliphatic rings. The lowest BCUT2D eigenvalue weighted by Gasteiger charge is -2.18. The number of anilines is 1. The highest BCUT2D eigenvalue weighted by Crippen LogP contribution is 2.21. The number of nitrogens with zero attached hydrogens (tertiary/aromatic N) is 1. The van der Waals surface area contributed by atoms with Gasteiger partial charge >= 0.3 is 0 Å². The van der Waals surface area contributed by atoms with Crippen molar-refractivity contribution in [3.8, 4) is 5.75 Å². The molecule has 2 amide bonds. The smallest absolute Gasteiger partial charge is 0.243 e. The molecular formula is C23H30N2O3. The van der Waals surface area contributed by atoms with E-state index in [0.717, 1.165) is 33.7 Å². The maximum Gasteiger partial charge on any atom is 0.243 e. The number of carbonyl (C=O) groups is 2. The summed E-state index contributed by atoms with van der Waals surface area (Å²) in [4.78, 5) is 26.2. The minimum atomic E-state index is -0.188. The maximum absolute atomic E-state index is 12.4. The first-order chi connectivity index (χ1) is 13.3. The van der Waals surface area contributed by atoms with Gasteiger partial charge in [-0.25, -0.2) is 0 Å². The molecule has 0 aliphatic carbocycles. The molecule has 0 aromatic heterocycles. The van der Waals surface area contributed by atoms with Crippen molar-refractivity contribution >= 4 is 17.5 Å². The van der Waals surface area contributed by atoms with E-state index in [1.807, 2.05) is 64.1 Å². The fraction of sp³-hybridized carbons (Fsp3) is 0.391. The van der Waals surface area contributed by atoms with E-state index in [1.54, 1.807) is 7.05 Å². The van der Waals surface area contributed by atoms with Gasteiger partial charge in [-0.3, -0.25) is 9.59 Å². The maximum atomic E-state index is 12.4. The van der Waals surface area contributed by atoms with Gasteiger partial charge in [-0.2, -0.15) is 0 Å². The monoisotopic (exact) mass is 382 g/mol. The Bertz CT molecular complexity index is 805. The van der Waals surface area contributed by atoms with Gasteiger partial charge in [0.05, 0.1) is 13.2 Å². The summed E-state index contributed by atoms with van der Waals surface area (Å²) in [6.07, 6.45) is 0.994. The number of carbonyl (C=O) groups excluding carboxylic acids is 2. The standard InChI is InChI=1S/C23H30N2O3/c1-6-28-20-10-7-19(8-11-20)9-12-22(27)25(5)15-21(26)24-23-17(3)13-16(2)14-18(23)4/h7-8,10-11,13-14H,6,9,12,15H2,1-5H3,(H,24,26). The number of nitrogens with one attached hydrogen (secondary N) is 1. The topological polar surface area (TPSA) is 58.6 Å². The van der Waals surface area contributed by atoms with Crippen LogP contribution in [0.2, 0.25) is 0 Å². The molecule has 0 bridgehead atoms. The van der Waals surface area contributed by atoms with E-state index in [2.05, 4.69) is 5.32 Å². The van der Waals surface area contributed by atoms with Crippen LogP contribution in [0.25, 0.3) is 0 Å². The number of ether oxygens (including phenoxy) is 1. The van der Waals surface area contributed by atoms with Gasteiger partial charge in [0.2, 0.25) is 11.8 Å². The summed E-state index contributed by atoms with van der Waals surface area (Å²) >= 11 is 0. The summed E-state index contributed by atoms with van der Waals surface area (Å²) in [5, 5.41) is 2.94. The van der Waals surface area contributed by atoms with Crippen LogP contribution in [0.15, 0.2) is 36.4 Å². The molecule has 0 heterocycles. The predicted molar refractivity (Wildman–Crippen MR) is 113 cm³/mol. The highest BCUT2D eigenvalue weighted by Gasteiger charge is 2.15. The molecule has 0 fully saturated rings. The zero-order valence-electron chi connectivity index (χ0n) is 17.5. The molecule has 2 aromatic carbocycles. The lowest BCUT2D eigenvalue weighted by atomic mass is 10.1. The van der Waals surface area contributed by atoms with Gasteiger partial charge in [0.25, 0.3) is 0 Å². The zero-order valence-corrected chi connectivity index (χ0v) is 17.5. The second kappa shape index (κ2) is 9.93. The lowest BCUT2D eigenvalue weighted by molar-refractivity contribution is -0.133. The third-order valence-corrected chi connectivity index (χ3v) is 4.61. The molecule has 0 spiro atoms. The zero-order chi connectivity index (χ0) is 20.7. The highest BCUT2D eigenvalue weighted by molar-refractivity contribution is 5.95. The number of hydrogen-bond acceptors (Lipinski definition) is 3. The largest absolute Gasteiger partial charge is 0.494 e. The summed E-state index contributed by atoms with van der Waals surface area (Å²) < 4.78 is 5.42. The quantitative estimate of drug-likeness (QED) is 0.750. The predicted octanol–water partition coefficient (Wildman–Crippen LogP) is 4.04. The third-order valence-electron chi connectivity index (χ3n) is 4.61. The lowest BCUT2D eigenvalue weighted by Crippen LogP contribution is -2.35. The van der Waals surface area contributed by atoms with Crippen molar-refractivity contribution in [2.24, 2.45) is 0 Å². The van der Waals surface area contributed by atoms with E-state index in [1.165, 1.54) is 4.90 Å². The molecule has 0 saturated heterocycles. The van der Waals surface area contributed by atoms with Crippen LogP contribution in [0.4, 0.5) is 5.69 Å². The third kappa shape index (κ3) is 6.12. The minimum Gasteiger partial charge on any atom is -0.494 e. The van der Waals surface area contributed by atoms with Gasteiger partial charge in [-0.1, -0.05) is 29.8 Å². The molecule has 28 heavy (non-hydrogen) atoms. The van der Waals surface area contributed by atoms with E-state index < -0.39 is 0 Å². The van der Waals surface area contributed by atoms with Crippen LogP contribution >= 0.6 is 0 Å². The van der Waals surface area contributed by atoms with Crippen molar-refractivity contribution in [3.63, 3.8) is 0 Å². The average Bonchev–Trinajstić information content (AvgIpc) is 2.64. The van der Waals surface area contributed by atoms with Gasteiger partial charge in [0, 0.05) is 19.2 Å². The number of rotatable bonds is 8. The Kier molecular flexibility index (Phi) is 7.61. The molecule has 0 aliphatic heterocycles. The molecule has 2 rings (SSSR count). The molecule has 0 radical (unpaired) electrons. The average molecular weight is 383 g/mol. The fourth-order valence-electron chi connectivity index (χ4n) is 3.22. The second-order valence-electron chi connectivity index (χ2n) is 7.15. The highest BCUT2D eigenvalue weighted by atomic mass is 16.5. The van der Waals surface area contributed by atoms with Crippen molar-refractivity contribution in [1.29, 1.82) is 0 Å². The molecule has 2 aromatic rings. The molecule has 150 valence electrons. The van der Waals surface area contributed by atoms with Crippen molar-refractivity contribution in [3.05, 3.63) is 58.7 Å². The normalized spacial score (nSPS) is 10.5. The van der Waals surface area contributed by atoms with Crippen LogP contribution in [-0.2, 0) is 16.0 Å². The van der Waals surface area contributed by atoms with Gasteiger partial charge in [0.15, 0.2) is 0 Å². The number of hydrogen-bond donors (Lipinski definition) is 1. The van der Waals surface area contributed by atoms with Crippen molar-refractivity contribution in [1.82, 2.24) is 4.90 Å². The molecule has 0 unspecified atom stereocenters. The molecule has 1 N–H and O–H groups in total. The first-order valence-corrected chi connectivity index (χ1v) is 9.63. The molecule has 5 heteroatoms. The first-order valence-electron chi connectivity index (χ1n) is 9.63. The van der Waals surface area contributed by atoms with Crippen LogP contribution in [0.5, 0.6) is 5.75 Å². The summed E-state index contributed by atoms with van der Waals surface area (Å²) in [5.41, 5.74) is 5.10. The SMILES string of the molecule is CCOc1ccc(CCC(=O)N(C)CC(=O)Nc2c(C)cc(C)cc2C)cc1. The number of benzene rings is 2. The van der Waals surface area contributed by atoms with E-state index in [4.69, 9.17) is 4.74 Å². The number of amides is 2. The Morgan fingerprint density at radius 1 is 1.04 bits per heavy atom. The van der Waals surface area contributed by atoms with Gasteiger partial charge in [-0.15, -0.1) is 0 Å². The van der Waals surface area contributed by atoms with Crippen molar-refractivity contribution < 1.29 is 14.3 Å². The minimum absolute atomic E-state index is 0.0366. The summed E-state index contributed by atoms with van der Waals surface area (Å²) in [7, 11) is 1.66. The second-order valence-corrected chi connectivity index (χ2v) is 7.15. The fourth-order valence-corrected chi connectivity index (χ4v) is 3.22. The van der Waals surface area contributed by atoms with Gasteiger partial charge in [0.1, 0.15) is 5.75 Å². The van der Waals surface area contributed by atoms with E-state index in [-0.39, 0.29) is 18.4 Å². The first kappa shape index (κ1) is 21.5. The molecule has 0 saturated carbocycles. The van der Waals surface area contributed by atoms with Gasteiger partial charge < -0.3 is 15.0 Å². The Labute approximate surface area is 167 Å². The number of aryl methyl sites for hydroxylation is 4. The number of likely N-dealkylation sites (N-methyl/N-ethyl adjacent to an activating group) is 1. The molecule has 5 nitrogen and oxygen atoms in total. The van der Waals surface area contributed by atoms with Crippen LogP contribution in [-0.4, -0.2) is 36.9 Å². The Morgan fingerprint density at radius 2 is 1.64 bits per heavy atom. The summed E-state index contributed by atoms with van der Waals surface area (Å²) in [6.45, 7) is 8.59. The van der Waals surface area contributed by atoms with Crippen LogP contribution in [0, 0.1) is 20.8 Å². The molecule has 0 atom stereocenters. The Morgan fingerprint density at radius 3 is 2.21 bits per heavy atom. The van der Waals surface area contributed by atoms with E-state index >= 15 is 0 Å². The van der Waals surface area contributed by atoms with E-state index in [9.17, 15) is 9.59 Å². The Hall–Kier alpha value is -2.82. The van der Waals surface area contributed by atoms with Crippen molar-refractivity contribution in [2.75, 3.05) is 25.5 Å². The summed E-state index contributed by atoms with van der Waals surface area (Å²) in [5.74, 6) is 0.585. The summed E-state index contributed by atoms with van der Waals surface area (Å²) in [6, 6.07) is 11.8. The Balaban J connectivity index is 1.85. The van der Waals surface area contributed by atoms with Gasteiger partial charge in [-0.05, 0) is 62.9 Å². The van der Waals surface area contributed by atoms with Crippen LogP contribution < -0.4 is 10.1 Å². The molecular weight excluding hydrogens is 352 g/mol. The van der Waals surface area contributed by atoms with Crippen molar-refractivity contribution in [2.45, 2.75) is 40.5 Å². The van der Waals surface area contributed by atoms with Crippen LogP contribution in [0.3, 0.4) is 0 Å². The van der Waals surface area contributed by atoms with Crippen LogP contribution in [0.1, 0.15) is 35.6 Å².